The average molecular weight is 142 g/mol. The highest BCUT2D eigenvalue weighted by atomic mass is 16.5. The topological polar surface area (TPSA) is 26.3 Å². The van der Waals surface area contributed by atoms with Gasteiger partial charge in [0.25, 0.3) is 0 Å². The molecule has 0 aromatic heterocycles. The largest absolute Gasteiger partial charge is 0.378 e. The maximum Gasteiger partial charge on any atom is 0.119 e. The van der Waals surface area contributed by atoms with Gasteiger partial charge in [0.15, 0.2) is 0 Å². The second-order valence-corrected chi connectivity index (χ2v) is 2.73. The Morgan fingerprint density at radius 2 is 2.50 bits per heavy atom. The summed E-state index contributed by atoms with van der Waals surface area (Å²) in [5.74, 6) is 0. The predicted octanol–water partition coefficient (Wildman–Crippen LogP) is 1.53. The van der Waals surface area contributed by atoms with Crippen LogP contribution in [0.5, 0.6) is 0 Å². The van der Waals surface area contributed by atoms with Gasteiger partial charge in [0.05, 0.1) is 6.10 Å². The normalized spacial score (nSPS) is 25.0. The molecule has 10 heavy (non-hydrogen) atoms. The first-order valence-corrected chi connectivity index (χ1v) is 3.98. The monoisotopic (exact) mass is 142 g/mol. The summed E-state index contributed by atoms with van der Waals surface area (Å²) in [7, 11) is 0. The first-order chi connectivity index (χ1) is 4.93. The van der Waals surface area contributed by atoms with Crippen LogP contribution in [0.3, 0.4) is 0 Å². The van der Waals surface area contributed by atoms with Crippen molar-refractivity contribution in [3.63, 3.8) is 0 Å². The second-order valence-electron chi connectivity index (χ2n) is 2.73. The van der Waals surface area contributed by atoms with Crippen LogP contribution in [-0.4, -0.2) is 19.0 Å². The van der Waals surface area contributed by atoms with Gasteiger partial charge >= 0.3 is 0 Å². The van der Waals surface area contributed by atoms with Crippen LogP contribution in [-0.2, 0) is 9.53 Å². The Bertz CT molecular complexity index is 95.4. The molecule has 0 aliphatic carbocycles. The minimum absolute atomic E-state index is 0.458. The molecule has 1 fully saturated rings. The minimum Gasteiger partial charge on any atom is -0.378 e. The Labute approximate surface area is 61.6 Å². The number of carbonyl (C=O) groups is 1. The van der Waals surface area contributed by atoms with Gasteiger partial charge < -0.3 is 9.53 Å². The molecule has 0 N–H and O–H groups in total. The molecule has 0 aromatic carbocycles. The minimum atomic E-state index is 0.458. The van der Waals surface area contributed by atoms with E-state index < -0.39 is 0 Å². The van der Waals surface area contributed by atoms with Gasteiger partial charge in [-0.25, -0.2) is 0 Å². The van der Waals surface area contributed by atoms with Crippen molar-refractivity contribution in [1.29, 1.82) is 0 Å². The molecular weight excluding hydrogens is 128 g/mol. The zero-order chi connectivity index (χ0) is 7.23. The maximum absolute atomic E-state index is 9.94. The molecule has 1 unspecified atom stereocenters. The molecule has 1 aliphatic heterocycles. The van der Waals surface area contributed by atoms with Gasteiger partial charge in [-0.1, -0.05) is 0 Å². The number of rotatable bonds is 4. The van der Waals surface area contributed by atoms with Gasteiger partial charge in [0, 0.05) is 13.0 Å². The summed E-state index contributed by atoms with van der Waals surface area (Å²) in [6.45, 7) is 0.922. The predicted molar refractivity (Wildman–Crippen MR) is 38.9 cm³/mol. The van der Waals surface area contributed by atoms with E-state index in [0.29, 0.717) is 12.5 Å². The molecule has 1 rings (SSSR count). The molecule has 0 bridgehead atoms. The molecule has 1 aliphatic rings. The second kappa shape index (κ2) is 4.45. The zero-order valence-corrected chi connectivity index (χ0v) is 6.21. The molecule has 1 saturated heterocycles. The lowest BCUT2D eigenvalue weighted by Gasteiger charge is -2.05. The Morgan fingerprint density at radius 3 is 3.10 bits per heavy atom. The molecule has 1 heterocycles. The summed E-state index contributed by atoms with van der Waals surface area (Å²) in [4.78, 5) is 9.94. The van der Waals surface area contributed by atoms with Crippen LogP contribution in [0.2, 0.25) is 0 Å². The van der Waals surface area contributed by atoms with E-state index in [2.05, 4.69) is 0 Å². The Morgan fingerprint density at radius 1 is 1.60 bits per heavy atom. The molecule has 0 radical (unpaired) electrons. The van der Waals surface area contributed by atoms with Gasteiger partial charge in [-0.05, 0) is 25.7 Å². The first-order valence-electron chi connectivity index (χ1n) is 3.98. The summed E-state index contributed by atoms with van der Waals surface area (Å²) >= 11 is 0. The highest BCUT2D eigenvalue weighted by Gasteiger charge is 2.13. The van der Waals surface area contributed by atoms with Gasteiger partial charge in [-0.3, -0.25) is 0 Å². The Balaban J connectivity index is 1.96. The van der Waals surface area contributed by atoms with E-state index in [-0.39, 0.29) is 0 Å². The van der Waals surface area contributed by atoms with Crippen molar-refractivity contribution in [2.75, 3.05) is 6.61 Å². The molecule has 0 amide bonds. The van der Waals surface area contributed by atoms with Crippen LogP contribution in [0.1, 0.15) is 32.1 Å². The fourth-order valence-electron chi connectivity index (χ4n) is 1.30. The standard InChI is InChI=1S/C8H14O2/c9-6-2-1-4-8-5-3-7-10-8/h6,8H,1-5,7H2. The molecule has 2 nitrogen and oxygen atoms in total. The number of hydrogen-bond donors (Lipinski definition) is 0. The zero-order valence-electron chi connectivity index (χ0n) is 6.21. The first kappa shape index (κ1) is 7.73. The third-order valence-electron chi connectivity index (χ3n) is 1.87. The third-order valence-corrected chi connectivity index (χ3v) is 1.87. The molecule has 1 atom stereocenters. The van der Waals surface area contributed by atoms with E-state index in [1.165, 1.54) is 12.8 Å². The van der Waals surface area contributed by atoms with Crippen LogP contribution < -0.4 is 0 Å². The van der Waals surface area contributed by atoms with Crippen molar-refractivity contribution in [2.45, 2.75) is 38.2 Å². The summed E-state index contributed by atoms with van der Waals surface area (Å²) in [6, 6.07) is 0. The number of hydrogen-bond acceptors (Lipinski definition) is 2. The highest BCUT2D eigenvalue weighted by Crippen LogP contribution is 2.16. The van der Waals surface area contributed by atoms with Crippen molar-refractivity contribution < 1.29 is 9.53 Å². The average Bonchev–Trinajstić information content (AvgIpc) is 2.41. The van der Waals surface area contributed by atoms with E-state index in [9.17, 15) is 4.79 Å². The van der Waals surface area contributed by atoms with Gasteiger partial charge in [0.1, 0.15) is 6.29 Å². The van der Waals surface area contributed by atoms with Crippen LogP contribution in [0.4, 0.5) is 0 Å². The molecular formula is C8H14O2. The molecule has 58 valence electrons. The Kier molecular flexibility index (Phi) is 3.44. The third kappa shape index (κ3) is 2.48. The van der Waals surface area contributed by atoms with Crippen LogP contribution >= 0.6 is 0 Å². The summed E-state index contributed by atoms with van der Waals surface area (Å²) in [6.07, 6.45) is 6.59. The van der Waals surface area contributed by atoms with Crippen LogP contribution in [0, 0.1) is 0 Å². The molecule has 0 spiro atoms. The lowest BCUT2D eigenvalue weighted by molar-refractivity contribution is -0.108. The molecule has 0 aromatic rings. The van der Waals surface area contributed by atoms with Crippen molar-refractivity contribution in [2.24, 2.45) is 0 Å². The lowest BCUT2D eigenvalue weighted by Crippen LogP contribution is -2.03. The SMILES string of the molecule is O=CCCCC1CCCO1. The van der Waals surface area contributed by atoms with Crippen molar-refractivity contribution in [3.05, 3.63) is 0 Å². The van der Waals surface area contributed by atoms with Crippen molar-refractivity contribution in [1.82, 2.24) is 0 Å². The number of ether oxygens (including phenoxy) is 1. The van der Waals surface area contributed by atoms with Crippen LogP contribution in [0.25, 0.3) is 0 Å². The van der Waals surface area contributed by atoms with Gasteiger partial charge in [-0.15, -0.1) is 0 Å². The van der Waals surface area contributed by atoms with E-state index in [1.807, 2.05) is 0 Å². The van der Waals surface area contributed by atoms with Gasteiger partial charge in [-0.2, -0.15) is 0 Å². The van der Waals surface area contributed by atoms with E-state index >= 15 is 0 Å². The molecule has 0 saturated carbocycles. The lowest BCUT2D eigenvalue weighted by atomic mass is 10.1. The quantitative estimate of drug-likeness (QED) is 0.439. The van der Waals surface area contributed by atoms with Crippen LogP contribution in [0.15, 0.2) is 0 Å². The van der Waals surface area contributed by atoms with Gasteiger partial charge in [0.2, 0.25) is 0 Å². The summed E-state index contributed by atoms with van der Waals surface area (Å²) in [5, 5.41) is 0. The fourth-order valence-corrected chi connectivity index (χ4v) is 1.30. The van der Waals surface area contributed by atoms with Crippen molar-refractivity contribution in [3.8, 4) is 0 Å². The summed E-state index contributed by atoms with van der Waals surface area (Å²) in [5.41, 5.74) is 0. The number of aldehydes is 1. The smallest absolute Gasteiger partial charge is 0.119 e. The Hall–Kier alpha value is -0.370. The number of unbranched alkanes of at least 4 members (excludes halogenated alkanes) is 1. The highest BCUT2D eigenvalue weighted by molar-refractivity contribution is 5.48. The number of carbonyl (C=O) groups excluding carboxylic acids is 1. The van der Waals surface area contributed by atoms with E-state index in [1.54, 1.807) is 0 Å². The van der Waals surface area contributed by atoms with Crippen molar-refractivity contribution >= 4 is 6.29 Å². The fraction of sp³-hybridized carbons (Fsp3) is 0.875. The van der Waals surface area contributed by atoms with E-state index in [0.717, 1.165) is 25.7 Å². The summed E-state index contributed by atoms with van der Waals surface area (Å²) < 4.78 is 5.38. The van der Waals surface area contributed by atoms with E-state index in [4.69, 9.17) is 4.74 Å². The molecule has 2 heteroatoms. The maximum atomic E-state index is 9.94.